The molecule has 0 atom stereocenters. The Bertz CT molecular complexity index is 983. The molecule has 35 heavy (non-hydrogen) atoms. The molecule has 0 aliphatic carbocycles. The lowest BCUT2D eigenvalue weighted by molar-refractivity contribution is -0.137. The van der Waals surface area contributed by atoms with Crippen LogP contribution in [0.5, 0.6) is 11.5 Å². The summed E-state index contributed by atoms with van der Waals surface area (Å²) in [4.78, 5) is 32.5. The molecule has 1 aromatic carbocycles. The van der Waals surface area contributed by atoms with E-state index < -0.39 is 5.97 Å². The fraction of sp³-hybridized carbons (Fsp3) is 0.500. The first-order valence-corrected chi connectivity index (χ1v) is 12.4. The second kappa shape index (κ2) is 13.8. The molecule has 0 radical (unpaired) electrons. The van der Waals surface area contributed by atoms with Crippen molar-refractivity contribution in [1.82, 2.24) is 4.90 Å². The highest BCUT2D eigenvalue weighted by Gasteiger charge is 2.25. The number of rotatable bonds is 4. The van der Waals surface area contributed by atoms with Crippen molar-refractivity contribution in [2.24, 2.45) is 5.16 Å². The number of aromatic hydroxyl groups is 1. The van der Waals surface area contributed by atoms with Gasteiger partial charge in [-0.25, -0.2) is 4.79 Å². The number of phenols is 1. The van der Waals surface area contributed by atoms with E-state index in [4.69, 9.17) is 25.9 Å². The van der Waals surface area contributed by atoms with Crippen molar-refractivity contribution in [3.05, 3.63) is 46.5 Å². The van der Waals surface area contributed by atoms with E-state index in [9.17, 15) is 14.7 Å². The minimum Gasteiger partial charge on any atom is -0.507 e. The maximum atomic E-state index is 12.9. The van der Waals surface area contributed by atoms with Gasteiger partial charge in [-0.3, -0.25) is 4.79 Å². The molecule has 0 bridgehead atoms. The zero-order valence-corrected chi connectivity index (χ0v) is 20.9. The number of hydrogen-bond acceptors (Lipinski definition) is 7. The minimum absolute atomic E-state index is 0.0355. The van der Waals surface area contributed by atoms with Crippen LogP contribution in [0.4, 0.5) is 0 Å². The van der Waals surface area contributed by atoms with Crippen LogP contribution in [0, 0.1) is 0 Å². The lowest BCUT2D eigenvalue weighted by atomic mass is 9.99. The summed E-state index contributed by atoms with van der Waals surface area (Å²) in [6, 6.07) is 1.29. The molecule has 1 aromatic rings. The van der Waals surface area contributed by atoms with E-state index in [1.54, 1.807) is 11.0 Å². The number of amides is 1. The lowest BCUT2D eigenvalue weighted by Gasteiger charge is -2.26. The number of nitrogens with zero attached hydrogens (tertiary/aromatic N) is 2. The molecule has 0 unspecified atom stereocenters. The second-order valence-electron chi connectivity index (χ2n) is 8.47. The number of hydrogen-bond donors (Lipinski definition) is 1. The molecule has 190 valence electrons. The standard InChI is InChI=1S/C26H33ClN2O6/c1-33-22-17-21(30)24-20(25(22)27)16-19(28-35-18-23(31)29-13-9-7-10-14-29)12-8-5-3-2-4-6-11-15-34-26(24)32/h2,4,8,12,17,30H,3,5-7,9-11,13-16,18H2,1H3/b4-2+,12-8+,28-19+. The van der Waals surface area contributed by atoms with Gasteiger partial charge >= 0.3 is 5.97 Å². The third kappa shape index (κ3) is 7.75. The van der Waals surface area contributed by atoms with Crippen LogP contribution in [0.15, 0.2) is 35.5 Å². The SMILES string of the molecule is COc1cc(O)c2c(c1Cl)CC(=N/OCC(=O)N1CCCCC1)/C=C/CC/C=C/CCCOC2=O. The molecule has 0 aromatic heterocycles. The molecule has 3 rings (SSSR count). The van der Waals surface area contributed by atoms with Gasteiger partial charge in [-0.2, -0.15) is 0 Å². The van der Waals surface area contributed by atoms with E-state index in [2.05, 4.69) is 17.3 Å². The molecule has 0 spiro atoms. The van der Waals surface area contributed by atoms with Crippen LogP contribution in [-0.4, -0.2) is 61.0 Å². The highest BCUT2D eigenvalue weighted by molar-refractivity contribution is 6.33. The number of ether oxygens (including phenoxy) is 2. The summed E-state index contributed by atoms with van der Waals surface area (Å²) in [5, 5.41) is 15.0. The Morgan fingerprint density at radius 1 is 1.14 bits per heavy atom. The Labute approximate surface area is 211 Å². The maximum Gasteiger partial charge on any atom is 0.342 e. The van der Waals surface area contributed by atoms with E-state index >= 15 is 0 Å². The second-order valence-corrected chi connectivity index (χ2v) is 8.85. The normalized spacial score (nSPS) is 20.7. The third-order valence-electron chi connectivity index (χ3n) is 5.89. The molecule has 2 aliphatic rings. The van der Waals surface area contributed by atoms with E-state index in [-0.39, 0.29) is 47.6 Å². The number of phenolic OH excluding ortho intramolecular Hbond substituents is 1. The lowest BCUT2D eigenvalue weighted by Crippen LogP contribution is -2.37. The van der Waals surface area contributed by atoms with Crippen LogP contribution >= 0.6 is 11.6 Å². The molecular weight excluding hydrogens is 472 g/mol. The van der Waals surface area contributed by atoms with Crippen molar-refractivity contribution in [2.75, 3.05) is 33.4 Å². The summed E-state index contributed by atoms with van der Waals surface area (Å²) in [7, 11) is 1.43. The van der Waals surface area contributed by atoms with Crippen molar-refractivity contribution in [3.8, 4) is 11.5 Å². The summed E-state index contributed by atoms with van der Waals surface area (Å²) >= 11 is 6.56. The predicted molar refractivity (Wildman–Crippen MR) is 134 cm³/mol. The smallest absolute Gasteiger partial charge is 0.342 e. The van der Waals surface area contributed by atoms with Gasteiger partial charge in [0.1, 0.15) is 17.1 Å². The molecule has 1 saturated heterocycles. The number of methoxy groups -OCH3 is 1. The average molecular weight is 505 g/mol. The zero-order valence-electron chi connectivity index (χ0n) is 20.1. The number of oxime groups is 1. The van der Waals surface area contributed by atoms with Gasteiger partial charge in [-0.15, -0.1) is 0 Å². The number of carbonyl (C=O) groups excluding carboxylic acids is 2. The van der Waals surface area contributed by atoms with Gasteiger partial charge in [0.25, 0.3) is 5.91 Å². The highest BCUT2D eigenvalue weighted by atomic mass is 35.5. The van der Waals surface area contributed by atoms with Crippen molar-refractivity contribution >= 4 is 29.2 Å². The summed E-state index contributed by atoms with van der Waals surface area (Å²) in [5.41, 5.74) is 0.724. The highest BCUT2D eigenvalue weighted by Crippen LogP contribution is 2.38. The fourth-order valence-corrected chi connectivity index (χ4v) is 4.30. The first kappa shape index (κ1) is 26.6. The van der Waals surface area contributed by atoms with E-state index in [1.807, 2.05) is 6.08 Å². The van der Waals surface area contributed by atoms with E-state index in [0.717, 1.165) is 51.6 Å². The molecule has 8 nitrogen and oxygen atoms in total. The van der Waals surface area contributed by atoms with Crippen LogP contribution in [0.25, 0.3) is 0 Å². The number of cyclic esters (lactones) is 1. The number of likely N-dealkylation sites (tertiary alicyclic amines) is 1. The molecular formula is C26H33ClN2O6. The van der Waals surface area contributed by atoms with Gasteiger partial charge in [-0.05, 0) is 56.6 Å². The largest absolute Gasteiger partial charge is 0.507 e. The molecule has 2 aliphatic heterocycles. The number of esters is 1. The first-order valence-electron chi connectivity index (χ1n) is 12.0. The van der Waals surface area contributed by atoms with Gasteiger partial charge in [0, 0.05) is 25.6 Å². The van der Waals surface area contributed by atoms with Gasteiger partial charge in [0.05, 0.1) is 24.5 Å². The van der Waals surface area contributed by atoms with E-state index in [0.29, 0.717) is 17.7 Å². The van der Waals surface area contributed by atoms with Gasteiger partial charge in [0.2, 0.25) is 0 Å². The molecule has 2 heterocycles. The van der Waals surface area contributed by atoms with E-state index in [1.165, 1.54) is 13.2 Å². The molecule has 1 N–H and O–H groups in total. The van der Waals surface area contributed by atoms with Crippen LogP contribution in [-0.2, 0) is 20.8 Å². The average Bonchev–Trinajstić information content (AvgIpc) is 2.87. The summed E-state index contributed by atoms with van der Waals surface area (Å²) < 4.78 is 10.7. The molecule has 9 heteroatoms. The fourth-order valence-electron chi connectivity index (χ4n) is 4.01. The maximum absolute atomic E-state index is 12.9. The number of piperidine rings is 1. The van der Waals surface area contributed by atoms with Crippen LogP contribution in [0.3, 0.4) is 0 Å². The van der Waals surface area contributed by atoms with Crippen LogP contribution < -0.4 is 4.74 Å². The number of fused-ring (bicyclic) bond motifs is 1. The topological polar surface area (TPSA) is 97.7 Å². The first-order chi connectivity index (χ1) is 17.0. The van der Waals surface area contributed by atoms with Crippen molar-refractivity contribution in [3.63, 3.8) is 0 Å². The summed E-state index contributed by atoms with van der Waals surface area (Å²) in [6.45, 7) is 1.51. The Morgan fingerprint density at radius 2 is 1.89 bits per heavy atom. The number of benzene rings is 1. The Hall–Kier alpha value is -3.00. The molecule has 1 amide bonds. The van der Waals surface area contributed by atoms with Crippen LogP contribution in [0.2, 0.25) is 5.02 Å². The third-order valence-corrected chi connectivity index (χ3v) is 6.31. The summed E-state index contributed by atoms with van der Waals surface area (Å²) in [6.07, 6.45) is 14.1. The Kier molecular flexibility index (Phi) is 10.5. The zero-order chi connectivity index (χ0) is 25.0. The van der Waals surface area contributed by atoms with Gasteiger partial charge in [-0.1, -0.05) is 35.0 Å². The van der Waals surface area contributed by atoms with Gasteiger partial charge < -0.3 is 24.3 Å². The van der Waals surface area contributed by atoms with Gasteiger partial charge in [0.15, 0.2) is 6.61 Å². The van der Waals surface area contributed by atoms with Crippen LogP contribution in [0.1, 0.15) is 60.9 Å². The van der Waals surface area contributed by atoms with Crippen molar-refractivity contribution in [2.45, 2.75) is 51.4 Å². The number of halogens is 1. The quantitative estimate of drug-likeness (QED) is 0.358. The van der Waals surface area contributed by atoms with Crippen molar-refractivity contribution < 1.29 is 29.0 Å². The predicted octanol–water partition coefficient (Wildman–Crippen LogP) is 4.83. The summed E-state index contributed by atoms with van der Waals surface area (Å²) in [5.74, 6) is -0.852. The Morgan fingerprint density at radius 3 is 2.66 bits per heavy atom. The molecule has 1 fully saturated rings. The minimum atomic E-state index is -0.676. The monoisotopic (exact) mass is 504 g/mol. The Balaban J connectivity index is 1.89. The number of carbonyl (C=O) groups is 2. The molecule has 0 saturated carbocycles. The number of allylic oxidation sites excluding steroid dienone is 4. The van der Waals surface area contributed by atoms with Crippen molar-refractivity contribution in [1.29, 1.82) is 0 Å².